The quantitative estimate of drug-likeness (QED) is 0.594. The molecule has 1 amide bonds. The fourth-order valence-corrected chi connectivity index (χ4v) is 1.46. The van der Waals surface area contributed by atoms with Crippen molar-refractivity contribution in [1.82, 2.24) is 10.2 Å². The Morgan fingerprint density at radius 3 is 3.07 bits per heavy atom. The highest BCUT2D eigenvalue weighted by atomic mass is 16.4. The molecule has 0 aromatic heterocycles. The van der Waals surface area contributed by atoms with Gasteiger partial charge in [0.05, 0.1) is 13.0 Å². The van der Waals surface area contributed by atoms with E-state index in [1.165, 1.54) is 0 Å². The highest BCUT2D eigenvalue weighted by Gasteiger charge is 2.25. The molecule has 0 aliphatic carbocycles. The van der Waals surface area contributed by atoms with E-state index in [2.05, 4.69) is 11.9 Å². The molecule has 78 valence electrons. The van der Waals surface area contributed by atoms with E-state index in [9.17, 15) is 9.59 Å². The third kappa shape index (κ3) is 2.85. The van der Waals surface area contributed by atoms with Crippen LogP contribution in [0.1, 0.15) is 6.42 Å². The fraction of sp³-hybridized carbons (Fsp3) is 0.556. The van der Waals surface area contributed by atoms with Crippen molar-refractivity contribution in [2.75, 3.05) is 19.6 Å². The zero-order chi connectivity index (χ0) is 10.6. The van der Waals surface area contributed by atoms with E-state index in [4.69, 9.17) is 5.11 Å². The van der Waals surface area contributed by atoms with E-state index in [1.54, 1.807) is 11.0 Å². The number of carbonyl (C=O) groups is 2. The number of hydrogen-bond donors (Lipinski definition) is 2. The second kappa shape index (κ2) is 4.76. The van der Waals surface area contributed by atoms with Crippen LogP contribution in [0.25, 0.3) is 0 Å². The molecule has 1 atom stereocenters. The normalized spacial score (nSPS) is 22.1. The second-order valence-electron chi connectivity index (χ2n) is 3.26. The molecular weight excluding hydrogens is 184 g/mol. The first kappa shape index (κ1) is 10.7. The van der Waals surface area contributed by atoms with Crippen molar-refractivity contribution < 1.29 is 14.7 Å². The summed E-state index contributed by atoms with van der Waals surface area (Å²) < 4.78 is 0. The summed E-state index contributed by atoms with van der Waals surface area (Å²) in [7, 11) is 0. The molecule has 1 aliphatic heterocycles. The minimum absolute atomic E-state index is 0.00783. The first-order valence-electron chi connectivity index (χ1n) is 4.47. The lowest BCUT2D eigenvalue weighted by Crippen LogP contribution is -2.54. The predicted molar refractivity (Wildman–Crippen MR) is 50.8 cm³/mol. The van der Waals surface area contributed by atoms with Gasteiger partial charge in [-0.1, -0.05) is 6.08 Å². The molecule has 14 heavy (non-hydrogen) atoms. The molecule has 1 heterocycles. The molecule has 1 aliphatic rings. The summed E-state index contributed by atoms with van der Waals surface area (Å²) in [5.41, 5.74) is 0. The highest BCUT2D eigenvalue weighted by molar-refractivity contribution is 5.79. The predicted octanol–water partition coefficient (Wildman–Crippen LogP) is -0.552. The Morgan fingerprint density at radius 2 is 2.50 bits per heavy atom. The summed E-state index contributed by atoms with van der Waals surface area (Å²) in [6, 6.07) is -0.148. The lowest BCUT2D eigenvalue weighted by molar-refractivity contribution is -0.140. The van der Waals surface area contributed by atoms with Crippen LogP contribution in [0.15, 0.2) is 12.7 Å². The molecule has 1 rings (SSSR count). The van der Waals surface area contributed by atoms with Crippen molar-refractivity contribution in [1.29, 1.82) is 0 Å². The molecule has 1 fully saturated rings. The monoisotopic (exact) mass is 198 g/mol. The Bertz CT molecular complexity index is 252. The molecule has 0 radical (unpaired) electrons. The van der Waals surface area contributed by atoms with Crippen LogP contribution >= 0.6 is 0 Å². The molecule has 0 aromatic carbocycles. The molecule has 0 spiro atoms. The second-order valence-corrected chi connectivity index (χ2v) is 3.26. The van der Waals surface area contributed by atoms with Crippen molar-refractivity contribution in [3.8, 4) is 0 Å². The number of carboxylic acids is 1. The minimum atomic E-state index is -0.851. The lowest BCUT2D eigenvalue weighted by Gasteiger charge is -2.32. The van der Waals surface area contributed by atoms with Gasteiger partial charge in [0, 0.05) is 19.1 Å². The van der Waals surface area contributed by atoms with Gasteiger partial charge in [0.2, 0.25) is 5.91 Å². The summed E-state index contributed by atoms with van der Waals surface area (Å²) in [6.07, 6.45) is 1.68. The van der Waals surface area contributed by atoms with Crippen LogP contribution in [0.5, 0.6) is 0 Å². The zero-order valence-electron chi connectivity index (χ0n) is 7.90. The maximum Gasteiger partial charge on any atom is 0.304 e. The van der Waals surface area contributed by atoms with Gasteiger partial charge in [-0.05, 0) is 0 Å². The molecule has 2 N–H and O–H groups in total. The Balaban J connectivity index is 2.48. The van der Waals surface area contributed by atoms with Gasteiger partial charge in [-0.15, -0.1) is 6.58 Å². The van der Waals surface area contributed by atoms with E-state index in [-0.39, 0.29) is 24.9 Å². The molecule has 0 aromatic rings. The summed E-state index contributed by atoms with van der Waals surface area (Å²) >= 11 is 0. The molecule has 1 saturated heterocycles. The maximum atomic E-state index is 11.3. The van der Waals surface area contributed by atoms with Gasteiger partial charge in [0.1, 0.15) is 0 Å². The van der Waals surface area contributed by atoms with Crippen LogP contribution in [-0.2, 0) is 9.59 Å². The number of piperazine rings is 1. The molecule has 5 nitrogen and oxygen atoms in total. The average molecular weight is 198 g/mol. The lowest BCUT2D eigenvalue weighted by atomic mass is 10.1. The number of amides is 1. The third-order valence-corrected chi connectivity index (χ3v) is 2.11. The van der Waals surface area contributed by atoms with E-state index < -0.39 is 5.97 Å². The summed E-state index contributed by atoms with van der Waals surface area (Å²) in [5, 5.41) is 11.5. The maximum absolute atomic E-state index is 11.3. The number of carboxylic acid groups (broad SMARTS) is 1. The van der Waals surface area contributed by atoms with Gasteiger partial charge in [0.25, 0.3) is 0 Å². The fourth-order valence-electron chi connectivity index (χ4n) is 1.46. The number of aliphatic carboxylic acids is 1. The standard InChI is InChI=1S/C9H14N2O3/c1-2-3-11-6-7(4-9(13)14)10-5-8(11)12/h2,7,10H,1,3-6H2,(H,13,14). The molecule has 5 heteroatoms. The number of nitrogens with one attached hydrogen (secondary N) is 1. The smallest absolute Gasteiger partial charge is 0.304 e. The van der Waals surface area contributed by atoms with Gasteiger partial charge in [0.15, 0.2) is 0 Å². The summed E-state index contributed by atoms with van der Waals surface area (Å²) in [5.74, 6) is -0.859. The van der Waals surface area contributed by atoms with Crippen molar-refractivity contribution in [2.24, 2.45) is 0 Å². The van der Waals surface area contributed by atoms with E-state index in [0.29, 0.717) is 13.1 Å². The third-order valence-electron chi connectivity index (χ3n) is 2.11. The van der Waals surface area contributed by atoms with Crippen molar-refractivity contribution in [3.05, 3.63) is 12.7 Å². The van der Waals surface area contributed by atoms with E-state index in [0.717, 1.165) is 0 Å². The van der Waals surface area contributed by atoms with Gasteiger partial charge < -0.3 is 15.3 Å². The first-order valence-corrected chi connectivity index (χ1v) is 4.47. The highest BCUT2D eigenvalue weighted by Crippen LogP contribution is 2.03. The number of rotatable bonds is 4. The average Bonchev–Trinajstić information content (AvgIpc) is 2.10. The van der Waals surface area contributed by atoms with E-state index >= 15 is 0 Å². The Hall–Kier alpha value is -1.36. The van der Waals surface area contributed by atoms with Gasteiger partial charge >= 0.3 is 5.97 Å². The zero-order valence-corrected chi connectivity index (χ0v) is 7.90. The van der Waals surface area contributed by atoms with Crippen LogP contribution in [0.2, 0.25) is 0 Å². The van der Waals surface area contributed by atoms with Crippen LogP contribution in [0, 0.1) is 0 Å². The van der Waals surface area contributed by atoms with Gasteiger partial charge in [-0.25, -0.2) is 0 Å². The van der Waals surface area contributed by atoms with Crippen molar-refractivity contribution >= 4 is 11.9 Å². The molecular formula is C9H14N2O3. The van der Waals surface area contributed by atoms with Crippen molar-refractivity contribution in [3.63, 3.8) is 0 Å². The topological polar surface area (TPSA) is 69.6 Å². The summed E-state index contributed by atoms with van der Waals surface area (Å²) in [4.78, 5) is 23.3. The van der Waals surface area contributed by atoms with Crippen LogP contribution in [0.3, 0.4) is 0 Å². The first-order chi connectivity index (χ1) is 6.63. The minimum Gasteiger partial charge on any atom is -0.481 e. The SMILES string of the molecule is C=CCN1CC(CC(=O)O)NCC1=O. The van der Waals surface area contributed by atoms with Gasteiger partial charge in [-0.3, -0.25) is 9.59 Å². The van der Waals surface area contributed by atoms with Gasteiger partial charge in [-0.2, -0.15) is 0 Å². The number of carbonyl (C=O) groups excluding carboxylic acids is 1. The van der Waals surface area contributed by atoms with Crippen LogP contribution in [-0.4, -0.2) is 47.6 Å². The van der Waals surface area contributed by atoms with Crippen LogP contribution < -0.4 is 5.32 Å². The number of nitrogens with zero attached hydrogens (tertiary/aromatic N) is 1. The van der Waals surface area contributed by atoms with Crippen molar-refractivity contribution in [2.45, 2.75) is 12.5 Å². The largest absolute Gasteiger partial charge is 0.481 e. The Morgan fingerprint density at radius 1 is 1.79 bits per heavy atom. The molecule has 0 bridgehead atoms. The Kier molecular flexibility index (Phi) is 3.64. The summed E-state index contributed by atoms with van der Waals surface area (Å²) in [6.45, 7) is 4.68. The van der Waals surface area contributed by atoms with Crippen LogP contribution in [0.4, 0.5) is 0 Å². The molecule has 1 unspecified atom stereocenters. The molecule has 0 saturated carbocycles. The Labute approximate surface area is 82.4 Å². The van der Waals surface area contributed by atoms with E-state index in [1.807, 2.05) is 0 Å². The number of hydrogen-bond acceptors (Lipinski definition) is 3.